The Morgan fingerprint density at radius 3 is 2.50 bits per heavy atom. The zero-order valence-electron chi connectivity index (χ0n) is 11.5. The number of ether oxygens (including phenoxy) is 1. The summed E-state index contributed by atoms with van der Waals surface area (Å²) in [6.45, 7) is -0.437. The Bertz CT molecular complexity index is 691. The van der Waals surface area contributed by atoms with Crippen LogP contribution in [0.1, 0.15) is 15.9 Å². The number of carbonyl (C=O) groups excluding carboxylic acids is 2. The molecular weight excluding hydrogens is 309 g/mol. The molecule has 2 rings (SSSR count). The minimum atomic E-state index is -0.688. The third-order valence-corrected chi connectivity index (χ3v) is 3.19. The highest BCUT2D eigenvalue weighted by molar-refractivity contribution is 6.33. The number of hydrogen-bond donors (Lipinski definition) is 1. The van der Waals surface area contributed by atoms with E-state index in [0.29, 0.717) is 5.56 Å². The van der Waals surface area contributed by atoms with E-state index in [1.165, 1.54) is 12.1 Å². The first-order valence-electron chi connectivity index (χ1n) is 6.49. The molecule has 0 atom stereocenters. The SMILES string of the molecule is O=C(COC(=O)c1ccccc1Cl)NCc1ccccc1F. The number of rotatable bonds is 5. The van der Waals surface area contributed by atoms with Crippen molar-refractivity contribution in [2.45, 2.75) is 6.54 Å². The fraction of sp³-hybridized carbons (Fsp3) is 0.125. The minimum absolute atomic E-state index is 0.0230. The number of esters is 1. The fourth-order valence-corrected chi connectivity index (χ4v) is 1.94. The summed E-state index contributed by atoms with van der Waals surface area (Å²) in [6.07, 6.45) is 0. The van der Waals surface area contributed by atoms with Crippen molar-refractivity contribution in [3.63, 3.8) is 0 Å². The Kier molecular flexibility index (Phi) is 5.49. The van der Waals surface area contributed by atoms with Crippen molar-refractivity contribution in [1.82, 2.24) is 5.32 Å². The van der Waals surface area contributed by atoms with Crippen molar-refractivity contribution in [3.8, 4) is 0 Å². The summed E-state index contributed by atoms with van der Waals surface area (Å²) in [5.41, 5.74) is 0.541. The van der Waals surface area contributed by atoms with E-state index in [9.17, 15) is 14.0 Å². The second-order valence-corrected chi connectivity index (χ2v) is 4.83. The minimum Gasteiger partial charge on any atom is -0.452 e. The van der Waals surface area contributed by atoms with Crippen LogP contribution >= 0.6 is 11.6 Å². The highest BCUT2D eigenvalue weighted by atomic mass is 35.5. The van der Waals surface area contributed by atoms with Crippen LogP contribution in [0.2, 0.25) is 5.02 Å². The van der Waals surface area contributed by atoms with E-state index in [-0.39, 0.29) is 17.1 Å². The molecule has 0 saturated heterocycles. The van der Waals surface area contributed by atoms with Gasteiger partial charge in [-0.15, -0.1) is 0 Å². The van der Waals surface area contributed by atoms with Crippen LogP contribution in [-0.4, -0.2) is 18.5 Å². The summed E-state index contributed by atoms with van der Waals surface area (Å²) in [5.74, 6) is -1.62. The van der Waals surface area contributed by atoms with Crippen molar-refractivity contribution < 1.29 is 18.7 Å². The largest absolute Gasteiger partial charge is 0.452 e. The lowest BCUT2D eigenvalue weighted by Gasteiger charge is -2.08. The van der Waals surface area contributed by atoms with Gasteiger partial charge in [0.25, 0.3) is 5.91 Å². The molecule has 0 aliphatic rings. The molecule has 0 spiro atoms. The highest BCUT2D eigenvalue weighted by Gasteiger charge is 2.13. The predicted molar refractivity (Wildman–Crippen MR) is 80.0 cm³/mol. The fourth-order valence-electron chi connectivity index (χ4n) is 1.72. The number of benzene rings is 2. The van der Waals surface area contributed by atoms with Gasteiger partial charge in [-0.3, -0.25) is 4.79 Å². The lowest BCUT2D eigenvalue weighted by Crippen LogP contribution is -2.28. The van der Waals surface area contributed by atoms with Crippen LogP contribution in [0.3, 0.4) is 0 Å². The molecule has 0 heterocycles. The lowest BCUT2D eigenvalue weighted by atomic mass is 10.2. The van der Waals surface area contributed by atoms with Crippen LogP contribution in [0.5, 0.6) is 0 Å². The first kappa shape index (κ1) is 16.0. The number of carbonyl (C=O) groups is 2. The second-order valence-electron chi connectivity index (χ2n) is 4.42. The van der Waals surface area contributed by atoms with Crippen molar-refractivity contribution in [3.05, 3.63) is 70.5 Å². The Morgan fingerprint density at radius 1 is 1.09 bits per heavy atom. The molecule has 1 N–H and O–H groups in total. The summed E-state index contributed by atoms with van der Waals surface area (Å²) in [5, 5.41) is 2.72. The summed E-state index contributed by atoms with van der Waals surface area (Å²) < 4.78 is 18.2. The average Bonchev–Trinajstić information content (AvgIpc) is 2.52. The molecule has 2 aromatic rings. The van der Waals surface area contributed by atoms with Gasteiger partial charge in [0.2, 0.25) is 0 Å². The quantitative estimate of drug-likeness (QED) is 0.861. The maximum atomic E-state index is 13.4. The van der Waals surface area contributed by atoms with E-state index in [4.69, 9.17) is 16.3 Å². The summed E-state index contributed by atoms with van der Waals surface area (Å²) in [6, 6.07) is 12.5. The molecule has 0 aliphatic heterocycles. The van der Waals surface area contributed by atoms with Gasteiger partial charge in [0.15, 0.2) is 6.61 Å². The molecule has 1 amide bonds. The molecule has 0 aliphatic carbocycles. The number of hydrogen-bond acceptors (Lipinski definition) is 3. The van der Waals surface area contributed by atoms with Gasteiger partial charge in [-0.2, -0.15) is 0 Å². The number of nitrogens with one attached hydrogen (secondary N) is 1. The molecule has 4 nitrogen and oxygen atoms in total. The normalized spacial score (nSPS) is 10.1. The molecule has 2 aromatic carbocycles. The van der Waals surface area contributed by atoms with Gasteiger partial charge in [-0.1, -0.05) is 41.9 Å². The van der Waals surface area contributed by atoms with E-state index in [2.05, 4.69) is 5.32 Å². The standard InChI is InChI=1S/C16H13ClFNO3/c17-13-7-3-2-6-12(13)16(21)22-10-15(20)19-9-11-5-1-4-8-14(11)18/h1-8H,9-10H2,(H,19,20). The van der Waals surface area contributed by atoms with E-state index in [1.807, 2.05) is 0 Å². The molecule has 0 saturated carbocycles. The molecule has 6 heteroatoms. The van der Waals surface area contributed by atoms with Gasteiger partial charge in [0, 0.05) is 12.1 Å². The van der Waals surface area contributed by atoms with Gasteiger partial charge in [0.05, 0.1) is 10.6 Å². The Labute approximate surface area is 131 Å². The van der Waals surface area contributed by atoms with Crippen LogP contribution in [0.15, 0.2) is 48.5 Å². The second kappa shape index (κ2) is 7.56. The summed E-state index contributed by atoms with van der Waals surface area (Å²) in [4.78, 5) is 23.4. The number of amides is 1. The van der Waals surface area contributed by atoms with E-state index >= 15 is 0 Å². The van der Waals surface area contributed by atoms with Crippen LogP contribution in [-0.2, 0) is 16.1 Å². The first-order chi connectivity index (χ1) is 10.6. The van der Waals surface area contributed by atoms with Gasteiger partial charge < -0.3 is 10.1 Å². The lowest BCUT2D eigenvalue weighted by molar-refractivity contribution is -0.124. The van der Waals surface area contributed by atoms with Gasteiger partial charge >= 0.3 is 5.97 Å². The third-order valence-electron chi connectivity index (χ3n) is 2.86. The first-order valence-corrected chi connectivity index (χ1v) is 6.87. The Hall–Kier alpha value is -2.40. The van der Waals surface area contributed by atoms with E-state index in [0.717, 1.165) is 0 Å². The van der Waals surface area contributed by atoms with Gasteiger partial charge in [-0.25, -0.2) is 9.18 Å². The molecule has 0 aromatic heterocycles. The molecular formula is C16H13ClFNO3. The zero-order chi connectivity index (χ0) is 15.9. The van der Waals surface area contributed by atoms with E-state index < -0.39 is 24.3 Å². The van der Waals surface area contributed by atoms with Crippen LogP contribution < -0.4 is 5.32 Å². The third kappa shape index (κ3) is 4.30. The highest BCUT2D eigenvalue weighted by Crippen LogP contribution is 2.15. The van der Waals surface area contributed by atoms with Crippen molar-refractivity contribution in [2.24, 2.45) is 0 Å². The Morgan fingerprint density at radius 2 is 1.77 bits per heavy atom. The molecule has 0 radical (unpaired) electrons. The van der Waals surface area contributed by atoms with Gasteiger partial charge in [-0.05, 0) is 18.2 Å². The van der Waals surface area contributed by atoms with E-state index in [1.54, 1.807) is 36.4 Å². The van der Waals surface area contributed by atoms with Crippen LogP contribution in [0, 0.1) is 5.82 Å². The monoisotopic (exact) mass is 321 g/mol. The summed E-state index contributed by atoms with van der Waals surface area (Å²) >= 11 is 5.85. The molecule has 114 valence electrons. The van der Waals surface area contributed by atoms with Crippen molar-refractivity contribution >= 4 is 23.5 Å². The summed E-state index contributed by atoms with van der Waals surface area (Å²) in [7, 11) is 0. The maximum absolute atomic E-state index is 13.4. The molecule has 22 heavy (non-hydrogen) atoms. The smallest absolute Gasteiger partial charge is 0.340 e. The van der Waals surface area contributed by atoms with Crippen LogP contribution in [0.4, 0.5) is 4.39 Å². The topological polar surface area (TPSA) is 55.4 Å². The maximum Gasteiger partial charge on any atom is 0.340 e. The Balaban J connectivity index is 1.82. The van der Waals surface area contributed by atoms with Crippen LogP contribution in [0.25, 0.3) is 0 Å². The number of halogens is 2. The average molecular weight is 322 g/mol. The van der Waals surface area contributed by atoms with Crippen molar-refractivity contribution in [1.29, 1.82) is 0 Å². The molecule has 0 bridgehead atoms. The van der Waals surface area contributed by atoms with Gasteiger partial charge in [0.1, 0.15) is 5.82 Å². The molecule has 0 unspecified atom stereocenters. The predicted octanol–water partition coefficient (Wildman–Crippen LogP) is 2.95. The molecule has 0 fully saturated rings. The van der Waals surface area contributed by atoms with Crippen molar-refractivity contribution in [2.75, 3.05) is 6.61 Å². The zero-order valence-corrected chi connectivity index (χ0v) is 12.3.